The second kappa shape index (κ2) is 8.67. The van der Waals surface area contributed by atoms with Gasteiger partial charge in [-0.1, -0.05) is 6.92 Å². The lowest BCUT2D eigenvalue weighted by atomic mass is 10.2. The average molecular weight is 294 g/mol. The highest BCUT2D eigenvalue weighted by molar-refractivity contribution is 5.50. The van der Waals surface area contributed by atoms with Crippen LogP contribution in [0.3, 0.4) is 0 Å². The summed E-state index contributed by atoms with van der Waals surface area (Å²) in [5, 5.41) is 6.56. The van der Waals surface area contributed by atoms with Gasteiger partial charge in [0.15, 0.2) is 0 Å². The van der Waals surface area contributed by atoms with Gasteiger partial charge in [0, 0.05) is 37.8 Å². The molecule has 0 bridgehead atoms. The van der Waals surface area contributed by atoms with Gasteiger partial charge in [-0.25, -0.2) is 0 Å². The van der Waals surface area contributed by atoms with E-state index >= 15 is 0 Å². The van der Waals surface area contributed by atoms with E-state index in [-0.39, 0.29) is 0 Å². The summed E-state index contributed by atoms with van der Waals surface area (Å²) in [4.78, 5) is 10.8. The summed E-state index contributed by atoms with van der Waals surface area (Å²) in [6.45, 7) is 13.7. The molecule has 0 spiro atoms. The minimum atomic E-state index is 0.295. The lowest BCUT2D eigenvalue weighted by Gasteiger charge is -2.30. The first kappa shape index (κ1) is 17.5. The van der Waals surface area contributed by atoms with Crippen LogP contribution in [0.1, 0.15) is 41.0 Å². The van der Waals surface area contributed by atoms with Gasteiger partial charge in [0.25, 0.3) is 0 Å². The quantitative estimate of drug-likeness (QED) is 0.649. The molecule has 4 N–H and O–H groups in total. The molecular weight excluding hydrogens is 264 g/mol. The average Bonchev–Trinajstić information content (AvgIpc) is 2.40. The summed E-state index contributed by atoms with van der Waals surface area (Å²) in [5.74, 6) is 1.84. The van der Waals surface area contributed by atoms with Gasteiger partial charge >= 0.3 is 0 Å². The van der Waals surface area contributed by atoms with Crippen molar-refractivity contribution in [1.82, 2.24) is 14.9 Å². The van der Waals surface area contributed by atoms with Crippen molar-refractivity contribution in [2.24, 2.45) is 0 Å². The molecule has 1 rings (SSSR count). The van der Waals surface area contributed by atoms with Crippen molar-refractivity contribution in [2.75, 3.05) is 36.0 Å². The number of hydrogen-bond acceptors (Lipinski definition) is 6. The molecule has 1 heterocycles. The van der Waals surface area contributed by atoms with E-state index in [2.05, 4.69) is 60.1 Å². The maximum absolute atomic E-state index is 5.75. The molecule has 6 nitrogen and oxygen atoms in total. The van der Waals surface area contributed by atoms with Crippen LogP contribution in [-0.4, -0.2) is 46.6 Å². The molecule has 0 aliphatic carbocycles. The normalized spacial score (nSPS) is 11.4. The molecule has 6 heteroatoms. The van der Waals surface area contributed by atoms with Crippen LogP contribution in [0.25, 0.3) is 0 Å². The predicted octanol–water partition coefficient (Wildman–Crippen LogP) is 2.41. The van der Waals surface area contributed by atoms with E-state index in [0.29, 0.717) is 18.0 Å². The fourth-order valence-electron chi connectivity index (χ4n) is 2.33. The third-order valence-electron chi connectivity index (χ3n) is 3.30. The van der Waals surface area contributed by atoms with Crippen LogP contribution in [-0.2, 0) is 0 Å². The third-order valence-corrected chi connectivity index (χ3v) is 3.30. The Balaban J connectivity index is 2.56. The zero-order chi connectivity index (χ0) is 15.8. The lowest BCUT2D eigenvalue weighted by Crippen LogP contribution is -2.40. The Kier molecular flexibility index (Phi) is 7.22. The first-order valence-electron chi connectivity index (χ1n) is 7.82. The number of anilines is 3. The van der Waals surface area contributed by atoms with Crippen LogP contribution in [0, 0.1) is 0 Å². The van der Waals surface area contributed by atoms with E-state index in [1.165, 1.54) is 0 Å². The minimum Gasteiger partial charge on any atom is -0.370 e. The number of aromatic nitrogens is 2. The molecule has 0 atom stereocenters. The van der Waals surface area contributed by atoms with Crippen LogP contribution in [0.4, 0.5) is 17.6 Å². The van der Waals surface area contributed by atoms with Crippen molar-refractivity contribution < 1.29 is 0 Å². The maximum Gasteiger partial charge on any atom is 0.223 e. The number of nitrogens with two attached hydrogens (primary N) is 1. The number of hydrogen-bond donors (Lipinski definition) is 3. The fraction of sp³-hybridized carbons (Fsp3) is 0.733. The van der Waals surface area contributed by atoms with E-state index in [0.717, 1.165) is 37.7 Å². The zero-order valence-corrected chi connectivity index (χ0v) is 14.0. The van der Waals surface area contributed by atoms with E-state index in [4.69, 9.17) is 5.73 Å². The monoisotopic (exact) mass is 294 g/mol. The minimum absolute atomic E-state index is 0.295. The van der Waals surface area contributed by atoms with Gasteiger partial charge in [-0.15, -0.1) is 0 Å². The number of rotatable bonds is 9. The number of nitrogens with one attached hydrogen (secondary N) is 2. The molecule has 120 valence electrons. The van der Waals surface area contributed by atoms with Crippen LogP contribution in [0.15, 0.2) is 6.07 Å². The number of nitrogen functional groups attached to an aromatic ring is 1. The van der Waals surface area contributed by atoms with Crippen molar-refractivity contribution in [3.63, 3.8) is 0 Å². The second-order valence-corrected chi connectivity index (χ2v) is 5.78. The predicted molar refractivity (Wildman–Crippen MR) is 90.7 cm³/mol. The van der Waals surface area contributed by atoms with Gasteiger partial charge in [0.1, 0.15) is 11.6 Å². The standard InChI is InChI=1S/C15H30N6/c1-6-7-17-13-10-14(20-15(16)19-13)18-8-9-21(11(2)3)12(4)5/h10-12H,6-9H2,1-5H3,(H4,16,17,18,19,20). The lowest BCUT2D eigenvalue weighted by molar-refractivity contribution is 0.182. The Bertz CT molecular complexity index is 411. The first-order chi connectivity index (χ1) is 9.93. The molecule has 0 unspecified atom stereocenters. The van der Waals surface area contributed by atoms with Crippen molar-refractivity contribution in [3.8, 4) is 0 Å². The molecule has 0 aliphatic heterocycles. The SMILES string of the molecule is CCCNc1cc(NCCN(C(C)C)C(C)C)nc(N)n1. The zero-order valence-electron chi connectivity index (χ0n) is 14.0. The maximum atomic E-state index is 5.75. The third kappa shape index (κ3) is 6.16. The van der Waals surface area contributed by atoms with E-state index in [1.807, 2.05) is 6.07 Å². The van der Waals surface area contributed by atoms with Gasteiger partial charge < -0.3 is 16.4 Å². The van der Waals surface area contributed by atoms with Crippen LogP contribution in [0.2, 0.25) is 0 Å². The van der Waals surface area contributed by atoms with Gasteiger partial charge in [0.05, 0.1) is 0 Å². The molecule has 0 aromatic carbocycles. The summed E-state index contributed by atoms with van der Waals surface area (Å²) in [5.41, 5.74) is 5.75. The molecule has 0 radical (unpaired) electrons. The van der Waals surface area contributed by atoms with Gasteiger partial charge in [-0.05, 0) is 34.1 Å². The Morgan fingerprint density at radius 3 is 2.05 bits per heavy atom. The van der Waals surface area contributed by atoms with Gasteiger partial charge in [-0.2, -0.15) is 9.97 Å². The van der Waals surface area contributed by atoms with Crippen LogP contribution >= 0.6 is 0 Å². The number of nitrogens with zero attached hydrogens (tertiary/aromatic N) is 3. The summed E-state index contributed by atoms with van der Waals surface area (Å²) in [6.07, 6.45) is 1.05. The molecule has 0 amide bonds. The van der Waals surface area contributed by atoms with Crippen LogP contribution < -0.4 is 16.4 Å². The van der Waals surface area contributed by atoms with E-state index in [9.17, 15) is 0 Å². The van der Waals surface area contributed by atoms with Crippen molar-refractivity contribution in [3.05, 3.63) is 6.07 Å². The van der Waals surface area contributed by atoms with Crippen molar-refractivity contribution >= 4 is 17.6 Å². The Morgan fingerprint density at radius 2 is 1.57 bits per heavy atom. The highest BCUT2D eigenvalue weighted by atomic mass is 15.2. The fourth-order valence-corrected chi connectivity index (χ4v) is 2.33. The highest BCUT2D eigenvalue weighted by Crippen LogP contribution is 2.12. The molecule has 0 saturated heterocycles. The molecule has 0 aliphatic rings. The first-order valence-corrected chi connectivity index (χ1v) is 7.82. The van der Waals surface area contributed by atoms with Gasteiger partial charge in [-0.3, -0.25) is 4.90 Å². The Morgan fingerprint density at radius 1 is 1.05 bits per heavy atom. The van der Waals surface area contributed by atoms with Crippen LogP contribution in [0.5, 0.6) is 0 Å². The summed E-state index contributed by atoms with van der Waals surface area (Å²) in [6, 6.07) is 2.97. The topological polar surface area (TPSA) is 79.1 Å². The molecule has 1 aromatic heterocycles. The van der Waals surface area contributed by atoms with E-state index in [1.54, 1.807) is 0 Å². The molecule has 0 saturated carbocycles. The Labute approximate surface area is 128 Å². The molecule has 21 heavy (non-hydrogen) atoms. The summed E-state index contributed by atoms with van der Waals surface area (Å²) >= 11 is 0. The molecular formula is C15H30N6. The Hall–Kier alpha value is -1.56. The van der Waals surface area contributed by atoms with Crippen molar-refractivity contribution in [2.45, 2.75) is 53.1 Å². The van der Waals surface area contributed by atoms with E-state index < -0.39 is 0 Å². The van der Waals surface area contributed by atoms with Gasteiger partial charge in [0.2, 0.25) is 5.95 Å². The highest BCUT2D eigenvalue weighted by Gasteiger charge is 2.12. The largest absolute Gasteiger partial charge is 0.370 e. The molecule has 0 fully saturated rings. The molecule has 1 aromatic rings. The smallest absolute Gasteiger partial charge is 0.223 e. The summed E-state index contributed by atoms with van der Waals surface area (Å²) in [7, 11) is 0. The summed E-state index contributed by atoms with van der Waals surface area (Å²) < 4.78 is 0. The second-order valence-electron chi connectivity index (χ2n) is 5.78. The van der Waals surface area contributed by atoms with Crippen molar-refractivity contribution in [1.29, 1.82) is 0 Å².